The van der Waals surface area contributed by atoms with E-state index in [9.17, 15) is 4.79 Å². The largest absolute Gasteiger partial charge is 0.497 e. The molecule has 0 radical (unpaired) electrons. The van der Waals surface area contributed by atoms with Crippen molar-refractivity contribution in [1.29, 1.82) is 0 Å². The SMILES string of the molecule is COc1ccc(CCC2=N/C(=C/c3cc(C)ccc3C)C(=O)O2)cc1. The summed E-state index contributed by atoms with van der Waals surface area (Å²) in [6.45, 7) is 4.04. The van der Waals surface area contributed by atoms with Crippen molar-refractivity contribution < 1.29 is 14.3 Å². The van der Waals surface area contributed by atoms with Crippen molar-refractivity contribution in [3.8, 4) is 5.75 Å². The van der Waals surface area contributed by atoms with Crippen LogP contribution in [0.5, 0.6) is 5.75 Å². The number of hydrogen-bond acceptors (Lipinski definition) is 4. The van der Waals surface area contributed by atoms with Gasteiger partial charge in [0, 0.05) is 6.42 Å². The minimum Gasteiger partial charge on any atom is -0.497 e. The van der Waals surface area contributed by atoms with Gasteiger partial charge in [-0.2, -0.15) is 0 Å². The zero-order chi connectivity index (χ0) is 17.8. The molecule has 0 fully saturated rings. The molecule has 2 aromatic carbocycles. The minimum atomic E-state index is -0.384. The molecule has 128 valence electrons. The summed E-state index contributed by atoms with van der Waals surface area (Å²) in [6, 6.07) is 14.0. The molecule has 2 aromatic rings. The van der Waals surface area contributed by atoms with E-state index in [1.165, 1.54) is 0 Å². The maximum atomic E-state index is 12.1. The number of esters is 1. The summed E-state index contributed by atoms with van der Waals surface area (Å²) in [5, 5.41) is 0. The van der Waals surface area contributed by atoms with Gasteiger partial charge in [-0.1, -0.05) is 35.9 Å². The number of hydrogen-bond donors (Lipinski definition) is 0. The topological polar surface area (TPSA) is 47.9 Å². The standard InChI is InChI=1S/C21H21NO3/c1-14-4-5-15(2)17(12-14)13-19-21(23)25-20(22-19)11-8-16-6-9-18(24-3)10-7-16/h4-7,9-10,12-13H,8,11H2,1-3H3/b19-13+. The highest BCUT2D eigenvalue weighted by atomic mass is 16.6. The fourth-order valence-corrected chi connectivity index (χ4v) is 2.67. The second-order valence-corrected chi connectivity index (χ2v) is 6.13. The highest BCUT2D eigenvalue weighted by Crippen LogP contribution is 2.21. The Bertz CT molecular complexity index is 848. The lowest BCUT2D eigenvalue weighted by molar-refractivity contribution is -0.130. The number of carbonyl (C=O) groups is 1. The van der Waals surface area contributed by atoms with E-state index in [1.807, 2.05) is 56.3 Å². The molecule has 0 amide bonds. The van der Waals surface area contributed by atoms with Crippen molar-refractivity contribution in [1.82, 2.24) is 0 Å². The van der Waals surface area contributed by atoms with Gasteiger partial charge in [0.25, 0.3) is 0 Å². The fourth-order valence-electron chi connectivity index (χ4n) is 2.67. The molecule has 1 heterocycles. The molecule has 0 saturated heterocycles. The van der Waals surface area contributed by atoms with Gasteiger partial charge in [-0.25, -0.2) is 9.79 Å². The first kappa shape index (κ1) is 17.0. The molecule has 25 heavy (non-hydrogen) atoms. The zero-order valence-electron chi connectivity index (χ0n) is 14.7. The van der Waals surface area contributed by atoms with E-state index in [1.54, 1.807) is 13.2 Å². The summed E-state index contributed by atoms with van der Waals surface area (Å²) >= 11 is 0. The van der Waals surface area contributed by atoms with Crippen LogP contribution in [0.2, 0.25) is 0 Å². The van der Waals surface area contributed by atoms with E-state index in [-0.39, 0.29) is 5.97 Å². The van der Waals surface area contributed by atoms with Crippen LogP contribution in [0.25, 0.3) is 6.08 Å². The first-order valence-corrected chi connectivity index (χ1v) is 8.27. The molecule has 0 N–H and O–H groups in total. The predicted octanol–water partition coefficient (Wildman–Crippen LogP) is 4.24. The Hall–Kier alpha value is -2.88. The van der Waals surface area contributed by atoms with Gasteiger partial charge in [0.15, 0.2) is 11.6 Å². The Morgan fingerprint density at radius 3 is 2.56 bits per heavy atom. The van der Waals surface area contributed by atoms with Crippen LogP contribution < -0.4 is 4.74 Å². The zero-order valence-corrected chi connectivity index (χ0v) is 14.7. The molecule has 3 rings (SSSR count). The molecule has 0 spiro atoms. The predicted molar refractivity (Wildman–Crippen MR) is 98.7 cm³/mol. The van der Waals surface area contributed by atoms with Crippen LogP contribution >= 0.6 is 0 Å². The molecule has 1 aliphatic heterocycles. The molecule has 4 heteroatoms. The molecule has 0 aliphatic carbocycles. The smallest absolute Gasteiger partial charge is 0.363 e. The lowest BCUT2D eigenvalue weighted by Crippen LogP contribution is -2.05. The molecule has 4 nitrogen and oxygen atoms in total. The second-order valence-electron chi connectivity index (χ2n) is 6.13. The van der Waals surface area contributed by atoms with Crippen molar-refractivity contribution in [2.45, 2.75) is 26.7 Å². The third-order valence-electron chi connectivity index (χ3n) is 4.18. The van der Waals surface area contributed by atoms with Crippen LogP contribution in [-0.4, -0.2) is 19.0 Å². The first-order valence-electron chi connectivity index (χ1n) is 8.27. The number of carbonyl (C=O) groups excluding carboxylic acids is 1. The Kier molecular flexibility index (Phi) is 4.98. The normalized spacial score (nSPS) is 15.2. The third-order valence-corrected chi connectivity index (χ3v) is 4.18. The van der Waals surface area contributed by atoms with Crippen molar-refractivity contribution in [2.75, 3.05) is 7.11 Å². The van der Waals surface area contributed by atoms with E-state index < -0.39 is 0 Å². The van der Waals surface area contributed by atoms with Gasteiger partial charge >= 0.3 is 5.97 Å². The average Bonchev–Trinajstić information content (AvgIpc) is 2.96. The number of methoxy groups -OCH3 is 1. The number of ether oxygens (including phenoxy) is 2. The molecule has 0 saturated carbocycles. The van der Waals surface area contributed by atoms with Crippen LogP contribution in [0.15, 0.2) is 53.2 Å². The monoisotopic (exact) mass is 335 g/mol. The van der Waals surface area contributed by atoms with Crippen LogP contribution in [0.3, 0.4) is 0 Å². The van der Waals surface area contributed by atoms with E-state index in [4.69, 9.17) is 9.47 Å². The van der Waals surface area contributed by atoms with Gasteiger partial charge in [-0.15, -0.1) is 0 Å². The fraction of sp³-hybridized carbons (Fsp3) is 0.238. The van der Waals surface area contributed by atoms with E-state index >= 15 is 0 Å². The lowest BCUT2D eigenvalue weighted by Gasteiger charge is -2.03. The lowest BCUT2D eigenvalue weighted by atomic mass is 10.0. The number of cyclic esters (lactones) is 1. The first-order chi connectivity index (χ1) is 12.0. The van der Waals surface area contributed by atoms with Gasteiger partial charge in [0.1, 0.15) is 5.75 Å². The van der Waals surface area contributed by atoms with Crippen LogP contribution in [0.4, 0.5) is 0 Å². The third kappa shape index (κ3) is 4.15. The van der Waals surface area contributed by atoms with Crippen LogP contribution in [-0.2, 0) is 16.0 Å². The molecule has 0 bridgehead atoms. The van der Waals surface area contributed by atoms with Crippen molar-refractivity contribution in [2.24, 2.45) is 4.99 Å². The van der Waals surface area contributed by atoms with Crippen molar-refractivity contribution in [3.63, 3.8) is 0 Å². The maximum Gasteiger partial charge on any atom is 0.363 e. The summed E-state index contributed by atoms with van der Waals surface area (Å²) in [7, 11) is 1.64. The Balaban J connectivity index is 1.71. The number of aryl methyl sites for hydroxylation is 3. The molecule has 0 aromatic heterocycles. The molecular formula is C21H21NO3. The summed E-state index contributed by atoms with van der Waals surface area (Å²) in [6.07, 6.45) is 3.14. The van der Waals surface area contributed by atoms with Crippen molar-refractivity contribution >= 4 is 17.9 Å². The van der Waals surface area contributed by atoms with E-state index in [2.05, 4.69) is 4.99 Å². The number of rotatable bonds is 5. The second kappa shape index (κ2) is 7.34. The Morgan fingerprint density at radius 1 is 1.08 bits per heavy atom. The minimum absolute atomic E-state index is 0.360. The van der Waals surface area contributed by atoms with Gasteiger partial charge in [-0.05, 0) is 55.2 Å². The van der Waals surface area contributed by atoms with Crippen LogP contribution in [0, 0.1) is 13.8 Å². The highest BCUT2D eigenvalue weighted by molar-refractivity contribution is 6.07. The molecule has 0 unspecified atom stereocenters. The molecule has 1 aliphatic rings. The average molecular weight is 335 g/mol. The number of nitrogens with zero attached hydrogens (tertiary/aromatic N) is 1. The summed E-state index contributed by atoms with van der Waals surface area (Å²) in [5.74, 6) is 0.912. The van der Waals surface area contributed by atoms with E-state index in [0.717, 1.165) is 34.4 Å². The van der Waals surface area contributed by atoms with Gasteiger partial charge in [0.05, 0.1) is 7.11 Å². The summed E-state index contributed by atoms with van der Waals surface area (Å²) in [5.41, 5.74) is 4.75. The summed E-state index contributed by atoms with van der Waals surface area (Å²) < 4.78 is 10.5. The van der Waals surface area contributed by atoms with Crippen LogP contribution in [0.1, 0.15) is 28.7 Å². The summed E-state index contributed by atoms with van der Waals surface area (Å²) in [4.78, 5) is 16.4. The molecule has 0 atom stereocenters. The van der Waals surface area contributed by atoms with Gasteiger partial charge in [-0.3, -0.25) is 0 Å². The molecular weight excluding hydrogens is 314 g/mol. The maximum absolute atomic E-state index is 12.1. The number of benzene rings is 2. The highest BCUT2D eigenvalue weighted by Gasteiger charge is 2.22. The number of aliphatic imine (C=N–C) groups is 1. The van der Waals surface area contributed by atoms with Crippen molar-refractivity contribution in [3.05, 3.63) is 70.4 Å². The Labute approximate surface area is 147 Å². The Morgan fingerprint density at radius 2 is 1.84 bits per heavy atom. The quantitative estimate of drug-likeness (QED) is 0.606. The van der Waals surface area contributed by atoms with Gasteiger partial charge in [0.2, 0.25) is 0 Å². The van der Waals surface area contributed by atoms with Gasteiger partial charge < -0.3 is 9.47 Å². The van der Waals surface area contributed by atoms with E-state index in [0.29, 0.717) is 18.0 Å².